The van der Waals surface area contributed by atoms with Crippen LogP contribution in [0.2, 0.25) is 0 Å². The minimum Gasteiger partial charge on any atom is -0.325 e. The Morgan fingerprint density at radius 2 is 1.47 bits per heavy atom. The average Bonchev–Trinajstić information content (AvgIpc) is 2.10. The number of nitrogens with two attached hydrogens (primary N) is 1. The van der Waals surface area contributed by atoms with Crippen LogP contribution in [0.25, 0.3) is 0 Å². The summed E-state index contributed by atoms with van der Waals surface area (Å²) >= 11 is 0. The number of halogens is 4. The van der Waals surface area contributed by atoms with Crippen LogP contribution in [-0.2, 0) is 11.6 Å². The number of hydrogen-bond donors (Lipinski definition) is 1. The number of benzene rings is 1. The predicted octanol–water partition coefficient (Wildman–Crippen LogP) is 3.26. The third kappa shape index (κ3) is 1.74. The summed E-state index contributed by atoms with van der Waals surface area (Å²) in [5, 5.41) is 0. The maximum Gasteiger partial charge on any atom is 0.416 e. The molecule has 2 N–H and O–H groups in total. The van der Waals surface area contributed by atoms with Crippen LogP contribution in [0.1, 0.15) is 30.4 Å². The van der Waals surface area contributed by atoms with Crippen LogP contribution >= 0.6 is 12.4 Å². The van der Waals surface area contributed by atoms with Gasteiger partial charge < -0.3 is 5.73 Å². The maximum atomic E-state index is 12.4. The summed E-state index contributed by atoms with van der Waals surface area (Å²) in [7, 11) is 0. The highest BCUT2D eigenvalue weighted by Crippen LogP contribution is 2.66. The van der Waals surface area contributed by atoms with Gasteiger partial charge in [-0.05, 0) is 37.0 Å². The molecule has 0 saturated heterocycles. The SMILES string of the molecule is Cl.NC12CC(c3ccc(C(F)(F)F)cc3)(C1)C2. The molecule has 5 heteroatoms. The maximum absolute atomic E-state index is 12.4. The molecule has 1 aromatic carbocycles. The van der Waals surface area contributed by atoms with Crippen LogP contribution in [0.5, 0.6) is 0 Å². The molecule has 0 radical (unpaired) electrons. The third-order valence-electron chi connectivity index (χ3n) is 3.90. The first-order chi connectivity index (χ1) is 7.33. The summed E-state index contributed by atoms with van der Waals surface area (Å²) < 4.78 is 37.1. The Morgan fingerprint density at radius 3 is 1.82 bits per heavy atom. The van der Waals surface area contributed by atoms with Crippen molar-refractivity contribution >= 4 is 12.4 Å². The van der Waals surface area contributed by atoms with Crippen LogP contribution in [0.3, 0.4) is 0 Å². The number of alkyl halides is 3. The second-order valence-electron chi connectivity index (χ2n) is 5.25. The Kier molecular flexibility index (Phi) is 2.53. The first-order valence-corrected chi connectivity index (χ1v) is 5.30. The molecule has 94 valence electrons. The lowest BCUT2D eigenvalue weighted by Crippen LogP contribution is -2.74. The monoisotopic (exact) mass is 263 g/mol. The smallest absolute Gasteiger partial charge is 0.325 e. The molecular weight excluding hydrogens is 251 g/mol. The molecule has 0 spiro atoms. The standard InChI is InChI=1S/C12H12F3N.ClH/c13-12(14,15)9-3-1-8(2-4-9)10-5-11(16,6-10)7-10;/h1-4H,5-7,16H2;1H. The third-order valence-corrected chi connectivity index (χ3v) is 3.90. The summed E-state index contributed by atoms with van der Waals surface area (Å²) in [4.78, 5) is 0. The van der Waals surface area contributed by atoms with Crippen molar-refractivity contribution in [2.75, 3.05) is 0 Å². The highest BCUT2D eigenvalue weighted by molar-refractivity contribution is 5.85. The van der Waals surface area contributed by atoms with E-state index in [1.807, 2.05) is 0 Å². The van der Waals surface area contributed by atoms with Crippen LogP contribution < -0.4 is 5.73 Å². The van der Waals surface area contributed by atoms with Gasteiger partial charge in [0, 0.05) is 11.0 Å². The normalized spacial score (nSPS) is 34.4. The first-order valence-electron chi connectivity index (χ1n) is 5.30. The highest BCUT2D eigenvalue weighted by Gasteiger charge is 2.66. The van der Waals surface area contributed by atoms with Crippen molar-refractivity contribution in [1.82, 2.24) is 0 Å². The topological polar surface area (TPSA) is 26.0 Å². The van der Waals surface area contributed by atoms with E-state index in [1.54, 1.807) is 12.1 Å². The van der Waals surface area contributed by atoms with Crippen molar-refractivity contribution in [3.63, 3.8) is 0 Å². The van der Waals surface area contributed by atoms with Crippen molar-refractivity contribution in [2.24, 2.45) is 5.73 Å². The summed E-state index contributed by atoms with van der Waals surface area (Å²) in [6.07, 6.45) is -1.48. The number of hydrogen-bond acceptors (Lipinski definition) is 1. The van der Waals surface area contributed by atoms with Gasteiger partial charge >= 0.3 is 6.18 Å². The Bertz CT molecular complexity index is 418. The van der Waals surface area contributed by atoms with Crippen LogP contribution in [0, 0.1) is 0 Å². The summed E-state index contributed by atoms with van der Waals surface area (Å²) in [5.74, 6) is 0. The fourth-order valence-corrected chi connectivity index (χ4v) is 3.19. The Hall–Kier alpha value is -0.740. The zero-order chi connectivity index (χ0) is 11.6. The van der Waals surface area contributed by atoms with Crippen LogP contribution in [-0.4, -0.2) is 5.54 Å². The lowest BCUT2D eigenvalue weighted by molar-refractivity contribution is -0.137. The molecule has 3 aliphatic rings. The fraction of sp³-hybridized carbons (Fsp3) is 0.500. The second kappa shape index (κ2) is 3.39. The van der Waals surface area contributed by atoms with E-state index in [2.05, 4.69) is 0 Å². The average molecular weight is 264 g/mol. The Labute approximate surface area is 104 Å². The quantitative estimate of drug-likeness (QED) is 0.827. The lowest BCUT2D eigenvalue weighted by Gasteiger charge is -2.69. The zero-order valence-electron chi connectivity index (χ0n) is 9.05. The molecule has 0 aromatic heterocycles. The molecule has 3 fully saturated rings. The predicted molar refractivity (Wildman–Crippen MR) is 61.1 cm³/mol. The fourth-order valence-electron chi connectivity index (χ4n) is 3.19. The summed E-state index contributed by atoms with van der Waals surface area (Å²) in [6, 6.07) is 5.53. The lowest BCUT2D eigenvalue weighted by atomic mass is 9.38. The molecular formula is C12H13ClF3N. The zero-order valence-corrected chi connectivity index (χ0v) is 9.87. The Morgan fingerprint density at radius 1 is 1.00 bits per heavy atom. The van der Waals surface area contributed by atoms with Gasteiger partial charge in [0.15, 0.2) is 0 Å². The first kappa shape index (κ1) is 12.7. The van der Waals surface area contributed by atoms with Gasteiger partial charge in [0.05, 0.1) is 5.56 Å². The van der Waals surface area contributed by atoms with E-state index in [9.17, 15) is 13.2 Å². The van der Waals surface area contributed by atoms with E-state index in [0.29, 0.717) is 0 Å². The van der Waals surface area contributed by atoms with E-state index < -0.39 is 11.7 Å². The molecule has 0 aliphatic heterocycles. The molecule has 1 aromatic rings. The van der Waals surface area contributed by atoms with E-state index in [-0.39, 0.29) is 23.4 Å². The van der Waals surface area contributed by atoms with E-state index in [0.717, 1.165) is 24.8 Å². The van der Waals surface area contributed by atoms with Crippen molar-refractivity contribution < 1.29 is 13.2 Å². The molecule has 0 atom stereocenters. The van der Waals surface area contributed by atoms with Crippen molar-refractivity contribution in [3.05, 3.63) is 35.4 Å². The van der Waals surface area contributed by atoms with E-state index in [1.165, 1.54) is 12.1 Å². The molecule has 3 saturated carbocycles. The summed E-state index contributed by atoms with van der Waals surface area (Å²) in [5.41, 5.74) is 6.44. The molecule has 1 nitrogen and oxygen atoms in total. The minimum absolute atomic E-state index is 0. The van der Waals surface area contributed by atoms with E-state index >= 15 is 0 Å². The van der Waals surface area contributed by atoms with Gasteiger partial charge in [-0.25, -0.2) is 0 Å². The van der Waals surface area contributed by atoms with Gasteiger partial charge in [-0.2, -0.15) is 13.2 Å². The van der Waals surface area contributed by atoms with Gasteiger partial charge in [0.25, 0.3) is 0 Å². The second-order valence-corrected chi connectivity index (χ2v) is 5.25. The van der Waals surface area contributed by atoms with Crippen molar-refractivity contribution in [1.29, 1.82) is 0 Å². The molecule has 4 rings (SSSR count). The van der Waals surface area contributed by atoms with Gasteiger partial charge in [0.1, 0.15) is 0 Å². The van der Waals surface area contributed by atoms with Gasteiger partial charge in [-0.1, -0.05) is 12.1 Å². The van der Waals surface area contributed by atoms with Crippen molar-refractivity contribution in [3.8, 4) is 0 Å². The van der Waals surface area contributed by atoms with Gasteiger partial charge in [0.2, 0.25) is 0 Å². The molecule has 3 aliphatic carbocycles. The minimum atomic E-state index is -4.24. The van der Waals surface area contributed by atoms with Gasteiger partial charge in [-0.3, -0.25) is 0 Å². The largest absolute Gasteiger partial charge is 0.416 e. The Balaban J connectivity index is 0.00000108. The molecule has 0 heterocycles. The molecule has 0 amide bonds. The van der Waals surface area contributed by atoms with Gasteiger partial charge in [-0.15, -0.1) is 12.4 Å². The number of rotatable bonds is 1. The molecule has 0 unspecified atom stereocenters. The molecule has 17 heavy (non-hydrogen) atoms. The van der Waals surface area contributed by atoms with Crippen molar-refractivity contribution in [2.45, 2.75) is 36.4 Å². The summed E-state index contributed by atoms with van der Waals surface area (Å²) in [6.45, 7) is 0. The molecule has 2 bridgehead atoms. The highest BCUT2D eigenvalue weighted by atomic mass is 35.5. The van der Waals surface area contributed by atoms with Crippen LogP contribution in [0.4, 0.5) is 13.2 Å². The van der Waals surface area contributed by atoms with Crippen LogP contribution in [0.15, 0.2) is 24.3 Å². The van der Waals surface area contributed by atoms with E-state index in [4.69, 9.17) is 5.73 Å².